The third-order valence-corrected chi connectivity index (χ3v) is 4.39. The summed E-state index contributed by atoms with van der Waals surface area (Å²) in [5.74, 6) is -1.01. The maximum atomic E-state index is 13.6. The molecule has 120 valence electrons. The summed E-state index contributed by atoms with van der Waals surface area (Å²) < 4.78 is 19.2. The third-order valence-electron chi connectivity index (χ3n) is 4.39. The molecule has 0 bridgehead atoms. The van der Waals surface area contributed by atoms with Gasteiger partial charge in [-0.1, -0.05) is 0 Å². The van der Waals surface area contributed by atoms with Crippen LogP contribution in [-0.2, 0) is 4.74 Å². The van der Waals surface area contributed by atoms with Crippen LogP contribution in [-0.4, -0.2) is 79.2 Å². The van der Waals surface area contributed by atoms with Crippen molar-refractivity contribution in [1.29, 1.82) is 0 Å². The van der Waals surface area contributed by atoms with Crippen molar-refractivity contribution >= 4 is 5.91 Å². The second-order valence-corrected chi connectivity index (χ2v) is 5.88. The number of nitrogens with zero attached hydrogens (tertiary/aromatic N) is 3. The Labute approximate surface area is 129 Å². The standard InChI is InChI=1S/C15H21FN4O2/c1-19-4-6-20(7-5-19)14-10-22-9-13(14)18-15(21)11-2-3-17-8-12(11)16/h2-3,8,13-14H,4-7,9-10H2,1H3,(H,18,21)/t13-,14-/m0/s1. The van der Waals surface area contributed by atoms with Gasteiger partial charge in [0.1, 0.15) is 0 Å². The Bertz CT molecular complexity index is 534. The molecule has 2 atom stereocenters. The largest absolute Gasteiger partial charge is 0.378 e. The lowest BCUT2D eigenvalue weighted by Crippen LogP contribution is -2.56. The van der Waals surface area contributed by atoms with E-state index in [9.17, 15) is 9.18 Å². The highest BCUT2D eigenvalue weighted by atomic mass is 19.1. The molecule has 3 heterocycles. The first-order valence-electron chi connectivity index (χ1n) is 7.56. The average molecular weight is 308 g/mol. The highest BCUT2D eigenvalue weighted by molar-refractivity contribution is 5.94. The number of hydrogen-bond donors (Lipinski definition) is 1. The zero-order valence-corrected chi connectivity index (χ0v) is 12.7. The number of pyridine rings is 1. The van der Waals surface area contributed by atoms with E-state index in [0.717, 1.165) is 32.4 Å². The Morgan fingerprint density at radius 2 is 2.14 bits per heavy atom. The quantitative estimate of drug-likeness (QED) is 0.849. The minimum Gasteiger partial charge on any atom is -0.378 e. The van der Waals surface area contributed by atoms with Crippen molar-refractivity contribution in [3.8, 4) is 0 Å². The highest BCUT2D eigenvalue weighted by Crippen LogP contribution is 2.16. The summed E-state index contributed by atoms with van der Waals surface area (Å²) in [6, 6.07) is 1.44. The zero-order chi connectivity index (χ0) is 15.5. The van der Waals surface area contributed by atoms with Crippen LogP contribution in [0.1, 0.15) is 10.4 Å². The molecule has 1 aromatic heterocycles. The topological polar surface area (TPSA) is 57.7 Å². The molecule has 0 saturated carbocycles. The molecule has 0 aromatic carbocycles. The second kappa shape index (κ2) is 6.68. The van der Waals surface area contributed by atoms with E-state index in [0.29, 0.717) is 13.2 Å². The van der Waals surface area contributed by atoms with Crippen LogP contribution in [0.3, 0.4) is 0 Å². The Morgan fingerprint density at radius 1 is 1.36 bits per heavy atom. The fourth-order valence-electron chi connectivity index (χ4n) is 3.00. The van der Waals surface area contributed by atoms with Gasteiger partial charge in [-0.25, -0.2) is 4.39 Å². The van der Waals surface area contributed by atoms with E-state index in [4.69, 9.17) is 4.74 Å². The van der Waals surface area contributed by atoms with Crippen LogP contribution in [0.2, 0.25) is 0 Å². The lowest BCUT2D eigenvalue weighted by atomic mass is 10.1. The van der Waals surface area contributed by atoms with Gasteiger partial charge in [-0.05, 0) is 13.1 Å². The maximum absolute atomic E-state index is 13.6. The van der Waals surface area contributed by atoms with Crippen molar-refractivity contribution in [1.82, 2.24) is 20.1 Å². The van der Waals surface area contributed by atoms with Crippen molar-refractivity contribution in [2.75, 3.05) is 46.4 Å². The normalized spacial score (nSPS) is 27.0. The van der Waals surface area contributed by atoms with E-state index in [-0.39, 0.29) is 17.6 Å². The average Bonchev–Trinajstić information content (AvgIpc) is 2.96. The fraction of sp³-hybridized carbons (Fsp3) is 0.600. The molecule has 1 N–H and O–H groups in total. The summed E-state index contributed by atoms with van der Waals surface area (Å²) in [5, 5.41) is 2.91. The molecule has 22 heavy (non-hydrogen) atoms. The number of carbonyl (C=O) groups is 1. The van der Waals surface area contributed by atoms with Gasteiger partial charge >= 0.3 is 0 Å². The molecule has 2 saturated heterocycles. The molecule has 2 fully saturated rings. The number of likely N-dealkylation sites (N-methyl/N-ethyl adjacent to an activating group) is 1. The van der Waals surface area contributed by atoms with Crippen LogP contribution in [0, 0.1) is 5.82 Å². The summed E-state index contributed by atoms with van der Waals surface area (Å²) in [6.45, 7) is 5.01. The number of halogens is 1. The molecule has 1 amide bonds. The monoisotopic (exact) mass is 308 g/mol. The Balaban J connectivity index is 1.64. The number of nitrogens with one attached hydrogen (secondary N) is 1. The molecule has 1 aromatic rings. The van der Waals surface area contributed by atoms with E-state index in [1.54, 1.807) is 0 Å². The fourth-order valence-corrected chi connectivity index (χ4v) is 3.00. The molecule has 6 nitrogen and oxygen atoms in total. The number of rotatable bonds is 3. The van der Waals surface area contributed by atoms with Gasteiger partial charge < -0.3 is 15.0 Å². The van der Waals surface area contributed by atoms with Crippen LogP contribution in [0.15, 0.2) is 18.5 Å². The Kier molecular flexibility index (Phi) is 4.66. The summed E-state index contributed by atoms with van der Waals surface area (Å²) in [7, 11) is 2.11. The molecule has 0 spiro atoms. The van der Waals surface area contributed by atoms with Crippen LogP contribution in [0.25, 0.3) is 0 Å². The number of carbonyl (C=O) groups excluding carboxylic acids is 1. The van der Waals surface area contributed by atoms with E-state index in [1.807, 2.05) is 0 Å². The summed E-state index contributed by atoms with van der Waals surface area (Å²) in [4.78, 5) is 20.5. The zero-order valence-electron chi connectivity index (χ0n) is 12.7. The van der Waals surface area contributed by atoms with Crippen molar-refractivity contribution in [3.63, 3.8) is 0 Å². The minimum absolute atomic E-state index is 0.0269. The van der Waals surface area contributed by atoms with E-state index >= 15 is 0 Å². The molecular formula is C15H21FN4O2. The molecule has 3 rings (SSSR count). The van der Waals surface area contributed by atoms with Crippen molar-refractivity contribution in [3.05, 3.63) is 29.8 Å². The number of amides is 1. The van der Waals surface area contributed by atoms with Crippen LogP contribution < -0.4 is 5.32 Å². The summed E-state index contributed by atoms with van der Waals surface area (Å²) >= 11 is 0. The number of aromatic nitrogens is 1. The van der Waals surface area contributed by atoms with E-state index < -0.39 is 11.7 Å². The van der Waals surface area contributed by atoms with Crippen molar-refractivity contribution in [2.45, 2.75) is 12.1 Å². The molecule has 0 radical (unpaired) electrons. The minimum atomic E-state index is -0.602. The number of hydrogen-bond acceptors (Lipinski definition) is 5. The van der Waals surface area contributed by atoms with Gasteiger partial charge in [0, 0.05) is 32.4 Å². The predicted octanol–water partition coefficient (Wildman–Crippen LogP) is -0.0347. The molecule has 0 unspecified atom stereocenters. The van der Waals surface area contributed by atoms with Gasteiger partial charge in [0.25, 0.3) is 5.91 Å². The van der Waals surface area contributed by atoms with Gasteiger partial charge in [-0.15, -0.1) is 0 Å². The molecule has 2 aliphatic heterocycles. The summed E-state index contributed by atoms with van der Waals surface area (Å²) in [5.41, 5.74) is 0.0269. The predicted molar refractivity (Wildman–Crippen MR) is 79.1 cm³/mol. The Morgan fingerprint density at radius 3 is 2.86 bits per heavy atom. The molecule has 0 aliphatic carbocycles. The van der Waals surface area contributed by atoms with E-state index in [2.05, 4.69) is 27.1 Å². The van der Waals surface area contributed by atoms with Crippen LogP contribution in [0.4, 0.5) is 4.39 Å². The molecule has 2 aliphatic rings. The Hall–Kier alpha value is -1.57. The highest BCUT2D eigenvalue weighted by Gasteiger charge is 2.35. The van der Waals surface area contributed by atoms with Gasteiger partial charge in [0.2, 0.25) is 0 Å². The van der Waals surface area contributed by atoms with Crippen molar-refractivity contribution < 1.29 is 13.9 Å². The first-order chi connectivity index (χ1) is 10.6. The SMILES string of the molecule is CN1CCN([C@H]2COC[C@@H]2NC(=O)c2ccncc2F)CC1. The van der Waals surface area contributed by atoms with Gasteiger partial charge in [-0.2, -0.15) is 0 Å². The summed E-state index contributed by atoms with van der Waals surface area (Å²) in [6.07, 6.45) is 2.47. The second-order valence-electron chi connectivity index (χ2n) is 5.88. The maximum Gasteiger partial charge on any atom is 0.254 e. The van der Waals surface area contributed by atoms with E-state index in [1.165, 1.54) is 12.3 Å². The lowest BCUT2D eigenvalue weighted by Gasteiger charge is -2.38. The lowest BCUT2D eigenvalue weighted by molar-refractivity contribution is 0.0826. The van der Waals surface area contributed by atoms with Gasteiger partial charge in [0.15, 0.2) is 5.82 Å². The van der Waals surface area contributed by atoms with Gasteiger partial charge in [0.05, 0.1) is 37.1 Å². The van der Waals surface area contributed by atoms with Crippen LogP contribution >= 0.6 is 0 Å². The first-order valence-corrected chi connectivity index (χ1v) is 7.56. The van der Waals surface area contributed by atoms with Gasteiger partial charge in [-0.3, -0.25) is 14.7 Å². The molecular weight excluding hydrogens is 287 g/mol. The van der Waals surface area contributed by atoms with Crippen LogP contribution in [0.5, 0.6) is 0 Å². The first kappa shape index (κ1) is 15.3. The molecule has 7 heteroatoms. The third kappa shape index (κ3) is 3.26. The van der Waals surface area contributed by atoms with Crippen molar-refractivity contribution in [2.24, 2.45) is 0 Å². The smallest absolute Gasteiger partial charge is 0.254 e. The number of ether oxygens (including phenoxy) is 1. The number of piperazine rings is 1.